The van der Waals surface area contributed by atoms with Gasteiger partial charge in [0.05, 0.1) is 6.20 Å². The van der Waals surface area contributed by atoms with Crippen molar-refractivity contribution in [3.8, 4) is 0 Å². The molecule has 1 aromatic heterocycles. The van der Waals surface area contributed by atoms with Gasteiger partial charge >= 0.3 is 0 Å². The number of aryl methyl sites for hydroxylation is 1. The Hall–Kier alpha value is 0.253. The molecule has 1 radical (unpaired) electrons. The van der Waals surface area contributed by atoms with E-state index in [0.29, 0.717) is 0 Å². The molecule has 0 aliphatic rings. The van der Waals surface area contributed by atoms with Crippen LogP contribution in [-0.4, -0.2) is 4.98 Å². The molecule has 9 heavy (non-hydrogen) atoms. The van der Waals surface area contributed by atoms with Crippen LogP contribution in [0.4, 0.5) is 0 Å². The van der Waals surface area contributed by atoms with Crippen molar-refractivity contribution >= 4 is 0 Å². The minimum absolute atomic E-state index is 0. The van der Waals surface area contributed by atoms with Crippen LogP contribution in [0.25, 0.3) is 0 Å². The maximum absolute atomic E-state index is 3.76. The standard InChI is InChI=1S/C6H6N.BrH.Zn/c1-6-3-2-4-7-5-6;;/h2-3,5H,1H3;1H;/p-1. The van der Waals surface area contributed by atoms with E-state index >= 15 is 0 Å². The summed E-state index contributed by atoms with van der Waals surface area (Å²) in [7, 11) is 0. The Bertz CT molecular complexity index is 143. The molecule has 0 aliphatic carbocycles. The second kappa shape index (κ2) is 6.37. The maximum Gasteiger partial charge on any atom is 0.0886 e. The van der Waals surface area contributed by atoms with Crippen LogP contribution in [0.5, 0.6) is 0 Å². The molecule has 1 heterocycles. The number of halogens is 1. The van der Waals surface area contributed by atoms with Crippen LogP contribution in [0.2, 0.25) is 0 Å². The van der Waals surface area contributed by atoms with E-state index in [1.807, 2.05) is 13.0 Å². The number of pyridine rings is 1. The van der Waals surface area contributed by atoms with Crippen LogP contribution in [-0.2, 0) is 19.5 Å². The second-order valence-electron chi connectivity index (χ2n) is 1.46. The zero-order valence-corrected chi connectivity index (χ0v) is 9.82. The molecule has 0 saturated carbocycles. The number of hydrogen-bond donors (Lipinski definition) is 0. The Morgan fingerprint density at radius 2 is 2.22 bits per heavy atom. The quantitative estimate of drug-likeness (QED) is 0.485. The number of rotatable bonds is 0. The van der Waals surface area contributed by atoms with Crippen LogP contribution < -0.4 is 17.0 Å². The van der Waals surface area contributed by atoms with E-state index < -0.39 is 0 Å². The fourth-order valence-corrected chi connectivity index (χ4v) is 0.394. The van der Waals surface area contributed by atoms with Crippen LogP contribution in [0, 0.1) is 13.1 Å². The normalized spacial score (nSPS) is 6.78. The minimum Gasteiger partial charge on any atom is -1.00 e. The Labute approximate surface area is 78.4 Å². The molecule has 0 saturated heterocycles. The van der Waals surface area contributed by atoms with Gasteiger partial charge in [0, 0.05) is 25.7 Å². The van der Waals surface area contributed by atoms with Gasteiger partial charge in [-0.2, -0.15) is 0 Å². The van der Waals surface area contributed by atoms with Crippen molar-refractivity contribution in [2.24, 2.45) is 0 Å². The van der Waals surface area contributed by atoms with Crippen LogP contribution in [0.3, 0.4) is 0 Å². The molecular weight excluding hydrogens is 231 g/mol. The Balaban J connectivity index is 0. The van der Waals surface area contributed by atoms with E-state index in [4.69, 9.17) is 0 Å². The molecular formula is C6H6BrNZn-. The molecule has 1 aromatic rings. The molecule has 45 valence electrons. The molecule has 1 nitrogen and oxygen atoms in total. The van der Waals surface area contributed by atoms with E-state index in [-0.39, 0.29) is 36.5 Å². The molecule has 1 rings (SSSR count). The monoisotopic (exact) mass is 235 g/mol. The summed E-state index contributed by atoms with van der Waals surface area (Å²) in [5.41, 5.74) is 1.18. The molecule has 0 fully saturated rings. The van der Waals surface area contributed by atoms with Crippen molar-refractivity contribution in [1.29, 1.82) is 0 Å². The van der Waals surface area contributed by atoms with Gasteiger partial charge in [0.2, 0.25) is 0 Å². The Morgan fingerprint density at radius 3 is 2.44 bits per heavy atom. The molecule has 0 atom stereocenters. The molecule has 0 amide bonds. The van der Waals surface area contributed by atoms with Gasteiger partial charge in [-0.1, -0.05) is 6.07 Å². The maximum atomic E-state index is 3.76. The van der Waals surface area contributed by atoms with Gasteiger partial charge < -0.3 is 17.0 Å². The zero-order chi connectivity index (χ0) is 5.11. The van der Waals surface area contributed by atoms with Gasteiger partial charge in [-0.25, -0.2) is 0 Å². The van der Waals surface area contributed by atoms with Crippen molar-refractivity contribution in [3.63, 3.8) is 0 Å². The first-order valence-corrected chi connectivity index (χ1v) is 2.18. The van der Waals surface area contributed by atoms with Crippen LogP contribution in [0.1, 0.15) is 5.56 Å². The predicted molar refractivity (Wildman–Crippen MR) is 27.8 cm³/mol. The summed E-state index contributed by atoms with van der Waals surface area (Å²) >= 11 is 0. The molecule has 0 unspecified atom stereocenters. The Kier molecular flexibility index (Phi) is 8.49. The first-order chi connectivity index (χ1) is 3.39. The molecule has 0 N–H and O–H groups in total. The van der Waals surface area contributed by atoms with Crippen molar-refractivity contribution in [3.05, 3.63) is 30.1 Å². The number of hydrogen-bond acceptors (Lipinski definition) is 1. The summed E-state index contributed by atoms with van der Waals surface area (Å²) in [5, 5.41) is 0. The third-order valence-corrected chi connectivity index (χ3v) is 0.763. The van der Waals surface area contributed by atoms with E-state index in [0.717, 1.165) is 0 Å². The van der Waals surface area contributed by atoms with E-state index in [1.54, 1.807) is 12.3 Å². The first kappa shape index (κ1) is 12.0. The average Bonchev–Trinajstić information content (AvgIpc) is 1.69. The topological polar surface area (TPSA) is 12.9 Å². The summed E-state index contributed by atoms with van der Waals surface area (Å²) in [6, 6.07) is 3.77. The van der Waals surface area contributed by atoms with Gasteiger partial charge in [-0.15, -0.1) is 0 Å². The summed E-state index contributed by atoms with van der Waals surface area (Å²) in [5.74, 6) is 0. The fourth-order valence-electron chi connectivity index (χ4n) is 0.394. The SMILES string of the molecule is Cc1cc[c]nc1.[Br-].[Zn]. The molecule has 0 aliphatic heterocycles. The van der Waals surface area contributed by atoms with Crippen molar-refractivity contribution in [2.45, 2.75) is 6.92 Å². The largest absolute Gasteiger partial charge is 1.00 e. The van der Waals surface area contributed by atoms with Gasteiger partial charge in [-0.05, 0) is 18.6 Å². The third kappa shape index (κ3) is 4.74. The van der Waals surface area contributed by atoms with E-state index in [2.05, 4.69) is 11.2 Å². The zero-order valence-electron chi connectivity index (χ0n) is 5.26. The minimum atomic E-state index is 0. The summed E-state index contributed by atoms with van der Waals surface area (Å²) in [6.45, 7) is 2.00. The predicted octanol–water partition coefficient (Wildman–Crippen LogP) is -1.81. The first-order valence-electron chi connectivity index (χ1n) is 2.18. The molecule has 0 bridgehead atoms. The summed E-state index contributed by atoms with van der Waals surface area (Å²) in [6.07, 6.45) is 4.46. The smallest absolute Gasteiger partial charge is 0.0886 e. The van der Waals surface area contributed by atoms with Crippen LogP contribution in [0.15, 0.2) is 18.3 Å². The summed E-state index contributed by atoms with van der Waals surface area (Å²) < 4.78 is 0. The fraction of sp³-hybridized carbons (Fsp3) is 0.167. The third-order valence-electron chi connectivity index (χ3n) is 0.763. The Morgan fingerprint density at radius 1 is 1.56 bits per heavy atom. The van der Waals surface area contributed by atoms with E-state index in [9.17, 15) is 0 Å². The molecule has 0 spiro atoms. The number of nitrogens with zero attached hydrogens (tertiary/aromatic N) is 1. The van der Waals surface area contributed by atoms with Crippen LogP contribution >= 0.6 is 0 Å². The summed E-state index contributed by atoms with van der Waals surface area (Å²) in [4.78, 5) is 3.76. The average molecular weight is 237 g/mol. The van der Waals surface area contributed by atoms with Crippen molar-refractivity contribution in [1.82, 2.24) is 4.98 Å². The van der Waals surface area contributed by atoms with Gasteiger partial charge in [0.1, 0.15) is 0 Å². The molecule has 0 aromatic carbocycles. The van der Waals surface area contributed by atoms with Gasteiger partial charge in [0.25, 0.3) is 0 Å². The van der Waals surface area contributed by atoms with Crippen molar-refractivity contribution < 1.29 is 36.5 Å². The second-order valence-corrected chi connectivity index (χ2v) is 1.46. The van der Waals surface area contributed by atoms with Crippen molar-refractivity contribution in [2.75, 3.05) is 0 Å². The van der Waals surface area contributed by atoms with Gasteiger partial charge in [0.15, 0.2) is 0 Å². The number of aromatic nitrogens is 1. The van der Waals surface area contributed by atoms with Gasteiger partial charge in [-0.3, -0.25) is 4.98 Å². The molecule has 3 heteroatoms. The van der Waals surface area contributed by atoms with E-state index in [1.165, 1.54) is 5.56 Å².